The van der Waals surface area contributed by atoms with Crippen LogP contribution < -0.4 is 14.2 Å². The third-order valence-electron chi connectivity index (χ3n) is 4.53. The first-order chi connectivity index (χ1) is 11.4. The maximum Gasteiger partial charge on any atom is 0.231 e. The molecule has 7 nitrogen and oxygen atoms in total. The molecule has 1 aliphatic heterocycles. The minimum absolute atomic E-state index is 0.0275. The molecule has 0 aromatic heterocycles. The van der Waals surface area contributed by atoms with Crippen LogP contribution in [0.15, 0.2) is 17.9 Å². The van der Waals surface area contributed by atoms with E-state index in [0.29, 0.717) is 0 Å². The Balaban J connectivity index is 2.26. The van der Waals surface area contributed by atoms with Crippen molar-refractivity contribution in [2.45, 2.75) is 18.9 Å². The first kappa shape index (κ1) is 16.2. The number of ketones is 2. The molecule has 0 saturated heterocycles. The van der Waals surface area contributed by atoms with Crippen LogP contribution in [0.25, 0.3) is 0 Å². The topological polar surface area (TPSA) is 91.3 Å². The van der Waals surface area contributed by atoms with E-state index in [-0.39, 0.29) is 46.5 Å². The van der Waals surface area contributed by atoms with E-state index in [1.54, 1.807) is 6.92 Å². The number of rotatable bonds is 3. The molecule has 0 saturated carbocycles. The molecule has 2 aliphatic rings. The molecule has 1 aliphatic carbocycles. The predicted molar refractivity (Wildman–Crippen MR) is 82.8 cm³/mol. The van der Waals surface area contributed by atoms with Gasteiger partial charge in [-0.15, -0.1) is 0 Å². The van der Waals surface area contributed by atoms with Crippen LogP contribution in [0.4, 0.5) is 0 Å². The van der Waals surface area contributed by atoms with Crippen LogP contribution in [-0.4, -0.2) is 43.6 Å². The SMILES string of the molecule is COC1=CC(=O)C[C@H](C)[C@@]12Oc1c(O)c(OC)cc(OC)c1C2=O. The lowest BCUT2D eigenvalue weighted by molar-refractivity contribution is -0.118. The van der Waals surface area contributed by atoms with E-state index in [9.17, 15) is 14.7 Å². The molecule has 1 heterocycles. The fourth-order valence-electron chi connectivity index (χ4n) is 3.32. The molecule has 0 unspecified atom stereocenters. The zero-order valence-corrected chi connectivity index (χ0v) is 13.8. The summed E-state index contributed by atoms with van der Waals surface area (Å²) in [6.45, 7) is 1.73. The van der Waals surface area contributed by atoms with E-state index in [4.69, 9.17) is 18.9 Å². The van der Waals surface area contributed by atoms with Crippen LogP contribution in [0.2, 0.25) is 0 Å². The summed E-state index contributed by atoms with van der Waals surface area (Å²) in [5.41, 5.74) is -1.39. The van der Waals surface area contributed by atoms with Gasteiger partial charge in [0.25, 0.3) is 0 Å². The number of ether oxygens (including phenoxy) is 4. The Bertz CT molecular complexity index is 765. The van der Waals surface area contributed by atoms with E-state index in [2.05, 4.69) is 0 Å². The largest absolute Gasteiger partial charge is 0.502 e. The summed E-state index contributed by atoms with van der Waals surface area (Å²) < 4.78 is 21.6. The molecule has 1 aromatic rings. The lowest BCUT2D eigenvalue weighted by Crippen LogP contribution is -2.51. The van der Waals surface area contributed by atoms with Crippen LogP contribution in [0.1, 0.15) is 23.7 Å². The molecule has 24 heavy (non-hydrogen) atoms. The number of fused-ring (bicyclic) bond motifs is 1. The predicted octanol–water partition coefficient (Wildman–Crippen LogP) is 1.86. The maximum absolute atomic E-state index is 13.2. The van der Waals surface area contributed by atoms with Gasteiger partial charge in [-0.25, -0.2) is 0 Å². The van der Waals surface area contributed by atoms with Gasteiger partial charge in [-0.1, -0.05) is 6.92 Å². The van der Waals surface area contributed by atoms with Crippen molar-refractivity contribution in [2.24, 2.45) is 5.92 Å². The summed E-state index contributed by atoms with van der Waals surface area (Å²) >= 11 is 0. The first-order valence-corrected chi connectivity index (χ1v) is 7.41. The fraction of sp³-hybridized carbons (Fsp3) is 0.412. The van der Waals surface area contributed by atoms with Crippen molar-refractivity contribution < 1.29 is 33.6 Å². The van der Waals surface area contributed by atoms with Crippen molar-refractivity contribution in [3.8, 4) is 23.0 Å². The Morgan fingerprint density at radius 1 is 1.17 bits per heavy atom. The molecule has 0 radical (unpaired) electrons. The van der Waals surface area contributed by atoms with Crippen LogP contribution in [0, 0.1) is 5.92 Å². The molecule has 128 valence electrons. The lowest BCUT2D eigenvalue weighted by atomic mass is 9.75. The number of allylic oxidation sites excluding steroid dienone is 1. The summed E-state index contributed by atoms with van der Waals surface area (Å²) in [7, 11) is 4.16. The van der Waals surface area contributed by atoms with Crippen molar-refractivity contribution in [3.63, 3.8) is 0 Å². The second kappa shape index (κ2) is 5.43. The number of phenolic OH excluding ortho intramolecular Hbond substituents is 1. The molecular formula is C17H18O7. The van der Waals surface area contributed by atoms with Crippen molar-refractivity contribution >= 4 is 11.6 Å². The second-order valence-corrected chi connectivity index (χ2v) is 5.78. The van der Waals surface area contributed by atoms with Gasteiger partial charge in [-0.3, -0.25) is 9.59 Å². The van der Waals surface area contributed by atoms with Gasteiger partial charge in [0, 0.05) is 24.5 Å². The Hall–Kier alpha value is -2.70. The number of carbonyl (C=O) groups excluding carboxylic acids is 2. The highest BCUT2D eigenvalue weighted by atomic mass is 16.6. The van der Waals surface area contributed by atoms with Gasteiger partial charge in [0.2, 0.25) is 17.1 Å². The Morgan fingerprint density at radius 2 is 1.83 bits per heavy atom. The van der Waals surface area contributed by atoms with Gasteiger partial charge < -0.3 is 24.1 Å². The van der Waals surface area contributed by atoms with E-state index in [0.717, 1.165) is 0 Å². The second-order valence-electron chi connectivity index (χ2n) is 5.78. The lowest BCUT2D eigenvalue weighted by Gasteiger charge is -2.36. The molecule has 1 N–H and O–H groups in total. The normalized spacial score (nSPS) is 25.2. The number of methoxy groups -OCH3 is 3. The summed E-state index contributed by atoms with van der Waals surface area (Å²) in [5, 5.41) is 10.4. The molecule has 7 heteroatoms. The average molecular weight is 334 g/mol. The van der Waals surface area contributed by atoms with Gasteiger partial charge in [0.1, 0.15) is 11.3 Å². The number of Topliss-reactive ketones (excluding diaryl/α,β-unsaturated/α-hetero) is 1. The van der Waals surface area contributed by atoms with Crippen LogP contribution in [-0.2, 0) is 9.53 Å². The molecule has 2 atom stereocenters. The highest BCUT2D eigenvalue weighted by molar-refractivity contribution is 6.14. The summed E-state index contributed by atoms with van der Waals surface area (Å²) in [4.78, 5) is 25.0. The number of carbonyl (C=O) groups is 2. The Morgan fingerprint density at radius 3 is 2.42 bits per heavy atom. The van der Waals surface area contributed by atoms with Crippen molar-refractivity contribution in [3.05, 3.63) is 23.5 Å². The van der Waals surface area contributed by atoms with E-state index in [1.165, 1.54) is 33.5 Å². The minimum Gasteiger partial charge on any atom is -0.502 e. The summed E-state index contributed by atoms with van der Waals surface area (Å²) in [6, 6.07) is 1.42. The quantitative estimate of drug-likeness (QED) is 0.902. The highest BCUT2D eigenvalue weighted by Crippen LogP contribution is 2.55. The third kappa shape index (κ3) is 1.90. The molecular weight excluding hydrogens is 316 g/mol. The van der Waals surface area contributed by atoms with Crippen molar-refractivity contribution in [2.75, 3.05) is 21.3 Å². The smallest absolute Gasteiger partial charge is 0.231 e. The number of hydrogen-bond acceptors (Lipinski definition) is 7. The summed E-state index contributed by atoms with van der Waals surface area (Å²) in [5.74, 6) is -0.892. The Labute approximate surface area is 138 Å². The van der Waals surface area contributed by atoms with E-state index >= 15 is 0 Å². The van der Waals surface area contributed by atoms with Crippen LogP contribution in [0.3, 0.4) is 0 Å². The minimum atomic E-state index is -1.50. The summed E-state index contributed by atoms with van der Waals surface area (Å²) in [6.07, 6.45) is 1.40. The molecule has 3 rings (SSSR count). The molecule has 1 aromatic carbocycles. The van der Waals surface area contributed by atoms with Crippen LogP contribution in [0.5, 0.6) is 23.0 Å². The highest BCUT2D eigenvalue weighted by Gasteiger charge is 2.60. The van der Waals surface area contributed by atoms with Crippen molar-refractivity contribution in [1.29, 1.82) is 0 Å². The van der Waals surface area contributed by atoms with Gasteiger partial charge in [-0.05, 0) is 0 Å². The number of aromatic hydroxyl groups is 1. The fourth-order valence-corrected chi connectivity index (χ4v) is 3.32. The number of benzene rings is 1. The van der Waals surface area contributed by atoms with E-state index < -0.39 is 17.3 Å². The van der Waals surface area contributed by atoms with Gasteiger partial charge in [-0.2, -0.15) is 0 Å². The van der Waals surface area contributed by atoms with Crippen LogP contribution >= 0.6 is 0 Å². The van der Waals surface area contributed by atoms with Crippen molar-refractivity contribution in [1.82, 2.24) is 0 Å². The van der Waals surface area contributed by atoms with E-state index in [1.807, 2.05) is 0 Å². The number of phenols is 1. The molecule has 1 spiro atoms. The number of hydrogen-bond donors (Lipinski definition) is 1. The molecule has 0 amide bonds. The molecule has 0 fully saturated rings. The monoisotopic (exact) mass is 334 g/mol. The third-order valence-corrected chi connectivity index (χ3v) is 4.53. The molecule has 0 bridgehead atoms. The van der Waals surface area contributed by atoms with Gasteiger partial charge >= 0.3 is 0 Å². The standard InChI is InChI=1S/C17H18O7/c1-8-5-9(18)6-12(23-4)17(8)16(20)13-10(21-2)7-11(22-3)14(19)15(13)24-17/h6-8,19H,5H2,1-4H3/t8-,17+/m0/s1. The maximum atomic E-state index is 13.2. The zero-order valence-electron chi connectivity index (χ0n) is 13.8. The van der Waals surface area contributed by atoms with Gasteiger partial charge in [0.15, 0.2) is 23.0 Å². The Kier molecular flexibility index (Phi) is 3.66. The first-order valence-electron chi connectivity index (χ1n) is 7.41. The average Bonchev–Trinajstić information content (AvgIpc) is 2.87. The zero-order chi connectivity index (χ0) is 17.6. The van der Waals surface area contributed by atoms with Gasteiger partial charge in [0.05, 0.1) is 21.3 Å².